The first-order valence-electron chi connectivity index (χ1n) is 11.2. The normalized spacial score (nSPS) is 12.1. The molecule has 0 heterocycles. The van der Waals surface area contributed by atoms with Crippen LogP contribution in [-0.2, 0) is 0 Å². The van der Waals surface area contributed by atoms with E-state index >= 15 is 0 Å². The molecule has 0 amide bonds. The lowest BCUT2D eigenvalue weighted by atomic mass is 10.0. The number of halogens is 3. The molecule has 0 saturated carbocycles. The van der Waals surface area contributed by atoms with Crippen LogP contribution in [0, 0.1) is 6.92 Å². The molecule has 0 aliphatic heterocycles. The molecule has 0 spiro atoms. The predicted octanol–water partition coefficient (Wildman–Crippen LogP) is 9.32. The largest absolute Gasteiger partial charge is 0.494 e. The summed E-state index contributed by atoms with van der Waals surface area (Å²) in [6.45, 7) is 4.76. The number of rotatable bonds is 11. The van der Waals surface area contributed by atoms with E-state index in [0.29, 0.717) is 17.1 Å². The van der Waals surface area contributed by atoms with Gasteiger partial charge in [0.15, 0.2) is 5.83 Å². The van der Waals surface area contributed by atoms with E-state index in [9.17, 15) is 13.2 Å². The Labute approximate surface area is 198 Å². The Bertz CT molecular complexity index is 1030. The summed E-state index contributed by atoms with van der Waals surface area (Å²) in [5.74, 6) is -0.647. The zero-order valence-corrected chi connectivity index (χ0v) is 19.8. The summed E-state index contributed by atoms with van der Waals surface area (Å²) < 4.78 is 48.8. The average molecular weight is 471 g/mol. The van der Waals surface area contributed by atoms with Gasteiger partial charge in [-0.3, -0.25) is 0 Å². The van der Waals surface area contributed by atoms with E-state index in [1.54, 1.807) is 48.5 Å². The molecule has 5 heteroatoms. The standard InChI is InChI=1S/C28H29F3OS/c1-3-4-5-6-19-32-25-15-13-24(14-16-25)23-11-9-22(10-12-23)20-27(29)28(30,31)33-26-17-7-21(2)8-18-26/h7-18,20H,3-6,19H2,1-2H3. The Balaban J connectivity index is 1.60. The van der Waals surface area contributed by atoms with Crippen molar-refractivity contribution >= 4 is 17.8 Å². The van der Waals surface area contributed by atoms with E-state index in [2.05, 4.69) is 6.92 Å². The van der Waals surface area contributed by atoms with Crippen LogP contribution in [0.2, 0.25) is 0 Å². The Morgan fingerprint density at radius 1 is 0.848 bits per heavy atom. The van der Waals surface area contributed by atoms with E-state index in [1.807, 2.05) is 31.2 Å². The fourth-order valence-electron chi connectivity index (χ4n) is 3.27. The predicted molar refractivity (Wildman–Crippen MR) is 133 cm³/mol. The third-order valence-corrected chi connectivity index (χ3v) is 6.16. The summed E-state index contributed by atoms with van der Waals surface area (Å²) in [4.78, 5) is 0.317. The van der Waals surface area contributed by atoms with E-state index in [4.69, 9.17) is 4.74 Å². The number of benzene rings is 3. The molecular formula is C28H29F3OS. The second-order valence-corrected chi connectivity index (χ2v) is 9.17. The highest BCUT2D eigenvalue weighted by atomic mass is 32.2. The van der Waals surface area contributed by atoms with Gasteiger partial charge in [0, 0.05) is 4.90 Å². The Kier molecular flexibility index (Phi) is 9.07. The highest BCUT2D eigenvalue weighted by Gasteiger charge is 2.36. The van der Waals surface area contributed by atoms with E-state index in [0.717, 1.165) is 34.9 Å². The second kappa shape index (κ2) is 12.0. The molecular weight excluding hydrogens is 441 g/mol. The average Bonchev–Trinajstić information content (AvgIpc) is 2.81. The van der Waals surface area contributed by atoms with Crippen LogP contribution < -0.4 is 4.74 Å². The van der Waals surface area contributed by atoms with Crippen LogP contribution in [-0.4, -0.2) is 11.9 Å². The fourth-order valence-corrected chi connectivity index (χ4v) is 3.99. The van der Waals surface area contributed by atoms with Gasteiger partial charge in [0.1, 0.15) is 5.75 Å². The lowest BCUT2D eigenvalue weighted by molar-refractivity contribution is 0.121. The lowest BCUT2D eigenvalue weighted by Crippen LogP contribution is -2.10. The minimum Gasteiger partial charge on any atom is -0.494 e. The lowest BCUT2D eigenvalue weighted by Gasteiger charge is -2.14. The molecule has 0 aliphatic rings. The SMILES string of the molecule is CCCCCCOc1ccc(-c2ccc(C=C(F)C(F)(F)Sc3ccc(C)cc3)cc2)cc1. The maximum absolute atomic E-state index is 14.3. The maximum atomic E-state index is 14.3. The summed E-state index contributed by atoms with van der Waals surface area (Å²) in [7, 11) is 0. The topological polar surface area (TPSA) is 9.23 Å². The van der Waals surface area contributed by atoms with Crippen molar-refractivity contribution in [2.75, 3.05) is 6.61 Å². The van der Waals surface area contributed by atoms with Crippen molar-refractivity contribution in [1.29, 1.82) is 0 Å². The molecule has 3 rings (SSSR count). The van der Waals surface area contributed by atoms with Gasteiger partial charge in [0.05, 0.1) is 6.61 Å². The molecule has 0 unspecified atom stereocenters. The Morgan fingerprint density at radius 2 is 1.45 bits per heavy atom. The van der Waals surface area contributed by atoms with Crippen molar-refractivity contribution in [1.82, 2.24) is 0 Å². The fraction of sp³-hybridized carbons (Fsp3) is 0.286. The van der Waals surface area contributed by atoms with Crippen molar-refractivity contribution in [3.05, 3.63) is 89.8 Å². The smallest absolute Gasteiger partial charge is 0.349 e. The first-order chi connectivity index (χ1) is 15.9. The summed E-state index contributed by atoms with van der Waals surface area (Å²) >= 11 is 0.204. The van der Waals surface area contributed by atoms with Gasteiger partial charge >= 0.3 is 5.25 Å². The summed E-state index contributed by atoms with van der Waals surface area (Å²) in [5.41, 5.74) is 3.24. The van der Waals surface area contributed by atoms with Gasteiger partial charge in [-0.2, -0.15) is 8.78 Å². The molecule has 1 nitrogen and oxygen atoms in total. The highest BCUT2D eigenvalue weighted by Crippen LogP contribution is 2.42. The summed E-state index contributed by atoms with van der Waals surface area (Å²) in [6, 6.07) is 21.2. The molecule has 0 aliphatic carbocycles. The van der Waals surface area contributed by atoms with Gasteiger partial charge in [-0.1, -0.05) is 80.3 Å². The van der Waals surface area contributed by atoms with Crippen molar-refractivity contribution in [3.8, 4) is 16.9 Å². The molecule has 0 N–H and O–H groups in total. The molecule has 3 aromatic rings. The number of thioether (sulfide) groups is 1. The first kappa shape index (κ1) is 25.0. The molecule has 0 aromatic heterocycles. The molecule has 0 atom stereocenters. The Morgan fingerprint density at radius 3 is 2.06 bits per heavy atom. The summed E-state index contributed by atoms with van der Waals surface area (Å²) in [5, 5.41) is -3.64. The third kappa shape index (κ3) is 7.71. The van der Waals surface area contributed by atoms with Gasteiger partial charge in [-0.15, -0.1) is 0 Å². The minimum atomic E-state index is -3.64. The van der Waals surface area contributed by atoms with Crippen LogP contribution in [0.5, 0.6) is 5.75 Å². The quantitative estimate of drug-likeness (QED) is 0.204. The van der Waals surface area contributed by atoms with E-state index < -0.39 is 11.1 Å². The van der Waals surface area contributed by atoms with Crippen LogP contribution in [0.1, 0.15) is 43.7 Å². The van der Waals surface area contributed by atoms with Crippen molar-refractivity contribution in [2.24, 2.45) is 0 Å². The third-order valence-electron chi connectivity index (χ3n) is 5.20. The van der Waals surface area contributed by atoms with E-state index in [-0.39, 0.29) is 11.8 Å². The van der Waals surface area contributed by atoms with Crippen molar-refractivity contribution in [3.63, 3.8) is 0 Å². The zero-order valence-electron chi connectivity index (χ0n) is 19.0. The van der Waals surface area contributed by atoms with Crippen LogP contribution in [0.15, 0.2) is 83.5 Å². The number of alkyl halides is 2. The van der Waals surface area contributed by atoms with Gasteiger partial charge in [-0.25, -0.2) is 4.39 Å². The van der Waals surface area contributed by atoms with Gasteiger partial charge < -0.3 is 4.74 Å². The minimum absolute atomic E-state index is 0.204. The molecule has 3 aromatic carbocycles. The first-order valence-corrected chi connectivity index (χ1v) is 12.0. The van der Waals surface area contributed by atoms with Crippen molar-refractivity contribution < 1.29 is 17.9 Å². The summed E-state index contributed by atoms with van der Waals surface area (Å²) in [6.07, 6.45) is 5.53. The molecule has 174 valence electrons. The number of aryl methyl sites for hydroxylation is 1. The van der Waals surface area contributed by atoms with Crippen LogP contribution in [0.4, 0.5) is 13.2 Å². The maximum Gasteiger partial charge on any atom is 0.349 e. The molecule has 0 fully saturated rings. The number of hydrogen-bond acceptors (Lipinski definition) is 2. The van der Waals surface area contributed by atoms with Gasteiger partial charge in [0.2, 0.25) is 0 Å². The Hall–Kier alpha value is -2.66. The molecule has 0 radical (unpaired) electrons. The monoisotopic (exact) mass is 470 g/mol. The van der Waals surface area contributed by atoms with Crippen LogP contribution >= 0.6 is 11.8 Å². The molecule has 0 saturated heterocycles. The second-order valence-electron chi connectivity index (χ2n) is 7.98. The van der Waals surface area contributed by atoms with Crippen LogP contribution in [0.25, 0.3) is 17.2 Å². The number of ether oxygens (including phenoxy) is 1. The van der Waals surface area contributed by atoms with Crippen molar-refractivity contribution in [2.45, 2.75) is 49.7 Å². The zero-order chi connectivity index (χ0) is 23.7. The van der Waals surface area contributed by atoms with Gasteiger partial charge in [0.25, 0.3) is 0 Å². The number of unbranched alkanes of at least 4 members (excludes halogenated alkanes) is 3. The molecule has 0 bridgehead atoms. The molecule has 33 heavy (non-hydrogen) atoms. The number of hydrogen-bond donors (Lipinski definition) is 0. The van der Waals surface area contributed by atoms with Gasteiger partial charge in [-0.05, 0) is 72.1 Å². The van der Waals surface area contributed by atoms with E-state index in [1.165, 1.54) is 19.3 Å². The highest BCUT2D eigenvalue weighted by molar-refractivity contribution is 8.00. The van der Waals surface area contributed by atoms with Crippen LogP contribution in [0.3, 0.4) is 0 Å².